The minimum absolute atomic E-state index is 0.0198. The molecule has 22 heteroatoms. The highest BCUT2D eigenvalue weighted by molar-refractivity contribution is 7.66. The zero-order valence-corrected chi connectivity index (χ0v) is 19.1. The number of ether oxygens (including phenoxy) is 1. The normalized spacial score (nSPS) is 35.2. The molecule has 2 aliphatic rings. The Morgan fingerprint density at radius 2 is 1.85 bits per heavy atom. The molecule has 0 spiro atoms. The summed E-state index contributed by atoms with van der Waals surface area (Å²) in [5.74, 6) is -0.710. The predicted octanol–water partition coefficient (Wildman–Crippen LogP) is -0.290. The highest BCUT2D eigenvalue weighted by Gasteiger charge is 2.90. The summed E-state index contributed by atoms with van der Waals surface area (Å²) in [7, 11) is -17.2. The van der Waals surface area contributed by atoms with E-state index in [2.05, 4.69) is 28.1 Å². The van der Waals surface area contributed by atoms with Crippen molar-refractivity contribution >= 4 is 52.1 Å². The van der Waals surface area contributed by atoms with Crippen LogP contribution in [-0.2, 0) is 31.6 Å². The minimum Gasteiger partial charge on any atom is -0.382 e. The van der Waals surface area contributed by atoms with Crippen LogP contribution in [0.1, 0.15) is 6.23 Å². The number of hydrogen-bond donors (Lipinski definition) is 6. The fourth-order valence-corrected chi connectivity index (χ4v) is 7.24. The first-order valence-corrected chi connectivity index (χ1v) is 13.5. The number of phosphoric acid groups is 3. The number of nitrogens with two attached hydrogens (primary N) is 1. The Morgan fingerprint density at radius 3 is 2.42 bits per heavy atom. The topological polar surface area (TPSA) is 259 Å². The summed E-state index contributed by atoms with van der Waals surface area (Å²) in [6.45, 7) is 0. The average molecular weight is 556 g/mol. The molecule has 0 bridgehead atoms. The number of fused-ring (bicyclic) bond motifs is 2. The van der Waals surface area contributed by atoms with E-state index in [9.17, 15) is 28.6 Å². The van der Waals surface area contributed by atoms with Gasteiger partial charge < -0.3 is 35.2 Å². The van der Waals surface area contributed by atoms with E-state index < -0.39 is 59.1 Å². The number of rotatable bonds is 8. The number of hydrogen-bond acceptors (Lipinski definition) is 12. The van der Waals surface area contributed by atoms with Crippen LogP contribution in [0.3, 0.4) is 0 Å². The second kappa shape index (κ2) is 7.70. The maximum atomic E-state index is 15.3. The molecule has 4 rings (SSSR count). The Balaban J connectivity index is 1.57. The number of anilines is 1. The van der Waals surface area contributed by atoms with Crippen LogP contribution in [0.25, 0.3) is 11.2 Å². The molecule has 0 aromatic carbocycles. The van der Waals surface area contributed by atoms with E-state index in [0.717, 1.165) is 17.2 Å². The Hall–Kier alpha value is -1.10. The Morgan fingerprint density at radius 1 is 1.18 bits per heavy atom. The second-order valence-electron chi connectivity index (χ2n) is 6.92. The highest BCUT2D eigenvalue weighted by Crippen LogP contribution is 2.72. The average Bonchev–Trinajstić information content (AvgIpc) is 2.94. The van der Waals surface area contributed by atoms with Crippen molar-refractivity contribution in [2.75, 3.05) is 11.6 Å². The van der Waals surface area contributed by atoms with Crippen molar-refractivity contribution in [2.24, 2.45) is 0 Å². The molecule has 1 aliphatic carbocycles. The predicted molar refractivity (Wildman–Crippen MR) is 102 cm³/mol. The first kappa shape index (κ1) is 25.0. The van der Waals surface area contributed by atoms with Crippen molar-refractivity contribution in [3.63, 3.8) is 0 Å². The number of halogens is 2. The number of aliphatic hydroxyl groups is 1. The first-order valence-electron chi connectivity index (χ1n) is 8.42. The van der Waals surface area contributed by atoms with Gasteiger partial charge in [0.15, 0.2) is 29.5 Å². The number of aromatic nitrogens is 4. The van der Waals surface area contributed by atoms with Gasteiger partial charge in [0.2, 0.25) is 0 Å². The van der Waals surface area contributed by atoms with E-state index in [1.165, 1.54) is 0 Å². The van der Waals surface area contributed by atoms with Gasteiger partial charge in [-0.05, 0) is 0 Å². The molecule has 1 aliphatic heterocycles. The quantitative estimate of drug-likeness (QED) is 0.180. The van der Waals surface area contributed by atoms with Crippen molar-refractivity contribution in [1.82, 2.24) is 19.5 Å². The molecule has 2 aromatic rings. The van der Waals surface area contributed by atoms with Crippen LogP contribution in [-0.4, -0.2) is 73.6 Å². The van der Waals surface area contributed by atoms with Gasteiger partial charge in [-0.25, -0.2) is 33.0 Å². The minimum atomic E-state index is -5.83. The third-order valence-corrected chi connectivity index (χ3v) is 9.14. The lowest BCUT2D eigenvalue weighted by Gasteiger charge is -2.24. The summed E-state index contributed by atoms with van der Waals surface area (Å²) in [5.41, 5.74) is 1.02. The lowest BCUT2D eigenvalue weighted by atomic mass is 10.1. The van der Waals surface area contributed by atoms with Gasteiger partial charge in [-0.3, -0.25) is 9.09 Å². The number of nitrogen functional groups attached to an aromatic ring is 1. The van der Waals surface area contributed by atoms with E-state index >= 15 is 4.39 Å². The Bertz CT molecular complexity index is 1260. The molecule has 0 radical (unpaired) electrons. The summed E-state index contributed by atoms with van der Waals surface area (Å²) in [6, 6.07) is 0. The summed E-state index contributed by atoms with van der Waals surface area (Å²) in [6.07, 6.45) is -3.81. The second-order valence-corrected chi connectivity index (χ2v) is 11.6. The highest BCUT2D eigenvalue weighted by atomic mass is 35.5. The molecular formula is C11H14ClFN5O12P3. The summed E-state index contributed by atoms with van der Waals surface area (Å²) < 4.78 is 67.9. The van der Waals surface area contributed by atoms with E-state index in [4.69, 9.17) is 31.9 Å². The summed E-state index contributed by atoms with van der Waals surface area (Å²) >= 11 is 5.81. The summed E-state index contributed by atoms with van der Waals surface area (Å²) in [5, 5.41) is 10.8. The van der Waals surface area contributed by atoms with Crippen LogP contribution in [0, 0.1) is 0 Å². The Kier molecular flexibility index (Phi) is 5.83. The van der Waals surface area contributed by atoms with Crippen molar-refractivity contribution in [3.05, 3.63) is 12.7 Å². The third-order valence-electron chi connectivity index (χ3n) is 4.93. The molecule has 3 heterocycles. The van der Waals surface area contributed by atoms with Crippen molar-refractivity contribution < 1.29 is 60.6 Å². The van der Waals surface area contributed by atoms with E-state index in [-0.39, 0.29) is 17.0 Å². The van der Waals surface area contributed by atoms with Crippen LogP contribution in [0.4, 0.5) is 10.2 Å². The summed E-state index contributed by atoms with van der Waals surface area (Å²) in [4.78, 5) is 47.6. The number of imidazole rings is 1. The molecule has 7 atom stereocenters. The van der Waals surface area contributed by atoms with Crippen molar-refractivity contribution in [1.29, 1.82) is 0 Å². The molecule has 7 N–H and O–H groups in total. The third kappa shape index (κ3) is 4.04. The lowest BCUT2D eigenvalue weighted by Crippen LogP contribution is -2.34. The fraction of sp³-hybridized carbons (Fsp3) is 0.545. The number of alkyl halides is 2. The molecule has 0 amide bonds. The van der Waals surface area contributed by atoms with Gasteiger partial charge in [-0.1, -0.05) is 0 Å². The van der Waals surface area contributed by atoms with Gasteiger partial charge in [-0.2, -0.15) is 8.62 Å². The molecule has 184 valence electrons. The zero-order chi connectivity index (χ0) is 24.6. The molecular weight excluding hydrogens is 542 g/mol. The molecule has 2 fully saturated rings. The van der Waals surface area contributed by atoms with Crippen LogP contribution in [0.2, 0.25) is 0 Å². The molecule has 2 aromatic heterocycles. The monoisotopic (exact) mass is 555 g/mol. The van der Waals surface area contributed by atoms with Crippen molar-refractivity contribution in [2.45, 2.75) is 29.7 Å². The molecule has 33 heavy (non-hydrogen) atoms. The van der Waals surface area contributed by atoms with Crippen LogP contribution < -0.4 is 5.73 Å². The van der Waals surface area contributed by atoms with Crippen LogP contribution in [0.5, 0.6) is 0 Å². The first-order chi connectivity index (χ1) is 15.1. The molecule has 1 saturated carbocycles. The maximum absolute atomic E-state index is 15.3. The van der Waals surface area contributed by atoms with Crippen LogP contribution >= 0.6 is 35.1 Å². The van der Waals surface area contributed by atoms with Crippen molar-refractivity contribution in [3.8, 4) is 0 Å². The van der Waals surface area contributed by atoms with E-state index in [1.54, 1.807) is 0 Å². The van der Waals surface area contributed by atoms with E-state index in [0.29, 0.717) is 0 Å². The number of phosphoric ester groups is 1. The maximum Gasteiger partial charge on any atom is 0.490 e. The standard InChI is InChI=1S/C11H14ClFN5O12P3/c12-1-10-9(28-32(23,24)30-33(25,26)29-31(20,21)22)11(10,19)5(13)8(27-10)18-3-17-4-6(14)15-2-16-7(4)18/h2-3,5,8-9,19H,1H2,(H,23,24)(H,25,26)(H2,14,15,16)(H2,20,21,22). The van der Waals surface area contributed by atoms with Gasteiger partial charge in [0.1, 0.15) is 23.5 Å². The van der Waals surface area contributed by atoms with Gasteiger partial charge >= 0.3 is 23.5 Å². The Labute approximate surface area is 186 Å². The van der Waals surface area contributed by atoms with Gasteiger partial charge in [-0.15, -0.1) is 11.6 Å². The SMILES string of the molecule is Nc1ncnc2c1ncn2C1OC2(CCl)C(OP(=O)(O)OP(=O)(O)OP(=O)(O)O)C2(O)C1F. The van der Waals surface area contributed by atoms with Gasteiger partial charge in [0.25, 0.3) is 0 Å². The number of nitrogens with zero attached hydrogens (tertiary/aromatic N) is 4. The van der Waals surface area contributed by atoms with Gasteiger partial charge in [0, 0.05) is 0 Å². The zero-order valence-electron chi connectivity index (χ0n) is 15.7. The molecule has 7 unspecified atom stereocenters. The van der Waals surface area contributed by atoms with Crippen LogP contribution in [0.15, 0.2) is 12.7 Å². The van der Waals surface area contributed by atoms with Gasteiger partial charge in [0.05, 0.1) is 12.2 Å². The smallest absolute Gasteiger partial charge is 0.382 e. The lowest BCUT2D eigenvalue weighted by molar-refractivity contribution is -0.0815. The molecule has 1 saturated heterocycles. The fourth-order valence-electron chi connectivity index (χ4n) is 3.57. The largest absolute Gasteiger partial charge is 0.490 e. The molecule has 17 nitrogen and oxygen atoms in total. The van der Waals surface area contributed by atoms with E-state index in [1.807, 2.05) is 0 Å².